The largest absolute Gasteiger partial charge is 0.310 e. The molecule has 67 heavy (non-hydrogen) atoms. The fraction of sp³-hybridized carbons (Fsp3) is 0.121. The molecule has 13 rings (SSSR count). The molecule has 9 aromatic rings. The molecule has 4 aliphatic rings. The van der Waals surface area contributed by atoms with Crippen molar-refractivity contribution >= 4 is 11.4 Å². The third-order valence-electron chi connectivity index (χ3n) is 15.8. The molecule has 0 radical (unpaired) electrons. The lowest BCUT2D eigenvalue weighted by Crippen LogP contribution is -2.28. The molecule has 1 heteroatoms. The molecule has 0 saturated carbocycles. The molecule has 0 spiro atoms. The molecular formula is C66H51N. The molecule has 320 valence electrons. The Balaban J connectivity index is 0.995. The smallest absolute Gasteiger partial charge is 0.0714 e. The number of fused-ring (bicyclic) bond motifs is 9. The highest BCUT2D eigenvalue weighted by molar-refractivity contribution is 5.97. The standard InChI is InChI=1S/C66H51N/c1-64(2)57-30-14-12-27-53(57)54-36-35-45(43-61(54)64)44-20-16-25-50(41-44)67(49-37-39-65(3,40-38-49)58-32-17-29-52-51-26-11-10-19-46(51)42-56(52)58)62-34-18-33-60-63(62)55-28-13-15-31-59(55)66(60,47-21-6-4-7-22-47)48-23-8-5-9-24-48/h4-39,41,43H,40,42H2,1-3H3. The summed E-state index contributed by atoms with van der Waals surface area (Å²) in [6.07, 6.45) is 9.27. The molecule has 0 fully saturated rings. The highest BCUT2D eigenvalue weighted by atomic mass is 15.2. The van der Waals surface area contributed by atoms with Gasteiger partial charge in [-0.05, 0) is 132 Å². The second kappa shape index (κ2) is 14.9. The maximum absolute atomic E-state index is 2.56. The highest BCUT2D eigenvalue weighted by Crippen LogP contribution is 2.60. The van der Waals surface area contributed by atoms with Crippen LogP contribution in [-0.2, 0) is 22.7 Å². The second-order valence-corrected chi connectivity index (χ2v) is 19.8. The summed E-state index contributed by atoms with van der Waals surface area (Å²) in [5.41, 5.74) is 25.4. The molecule has 1 nitrogen and oxygen atoms in total. The molecule has 0 amide bonds. The first-order valence-electron chi connectivity index (χ1n) is 23.9. The van der Waals surface area contributed by atoms with Crippen molar-refractivity contribution in [3.05, 3.63) is 286 Å². The minimum atomic E-state index is -0.507. The van der Waals surface area contributed by atoms with E-state index in [1.54, 1.807) is 0 Å². The van der Waals surface area contributed by atoms with E-state index >= 15 is 0 Å². The zero-order valence-electron chi connectivity index (χ0n) is 38.3. The topological polar surface area (TPSA) is 3.24 Å². The number of benzene rings is 9. The minimum Gasteiger partial charge on any atom is -0.310 e. The van der Waals surface area contributed by atoms with Gasteiger partial charge in [-0.15, -0.1) is 0 Å². The summed E-state index contributed by atoms with van der Waals surface area (Å²) in [5.74, 6) is 0. The van der Waals surface area contributed by atoms with E-state index < -0.39 is 5.41 Å². The zero-order valence-corrected chi connectivity index (χ0v) is 38.3. The van der Waals surface area contributed by atoms with Gasteiger partial charge in [-0.25, -0.2) is 0 Å². The van der Waals surface area contributed by atoms with Gasteiger partial charge in [-0.3, -0.25) is 0 Å². The maximum atomic E-state index is 2.56. The summed E-state index contributed by atoms with van der Waals surface area (Å²) < 4.78 is 0. The Morgan fingerprint density at radius 1 is 0.433 bits per heavy atom. The van der Waals surface area contributed by atoms with E-state index in [4.69, 9.17) is 0 Å². The Labute approximate surface area is 395 Å². The van der Waals surface area contributed by atoms with E-state index in [-0.39, 0.29) is 10.8 Å². The van der Waals surface area contributed by atoms with E-state index in [0.29, 0.717) is 0 Å². The van der Waals surface area contributed by atoms with Gasteiger partial charge >= 0.3 is 0 Å². The van der Waals surface area contributed by atoms with Gasteiger partial charge < -0.3 is 4.90 Å². The zero-order chi connectivity index (χ0) is 44.9. The number of nitrogens with zero attached hydrogens (tertiary/aromatic N) is 1. The van der Waals surface area contributed by atoms with E-state index in [2.05, 4.69) is 256 Å². The first kappa shape index (κ1) is 39.6. The van der Waals surface area contributed by atoms with Crippen LogP contribution < -0.4 is 4.90 Å². The Morgan fingerprint density at radius 3 is 1.79 bits per heavy atom. The van der Waals surface area contributed by atoms with Crippen LogP contribution in [0.2, 0.25) is 0 Å². The molecule has 0 aliphatic heterocycles. The van der Waals surface area contributed by atoms with Crippen LogP contribution in [0.1, 0.15) is 77.3 Å². The van der Waals surface area contributed by atoms with Crippen LogP contribution in [0.3, 0.4) is 0 Å². The van der Waals surface area contributed by atoms with Gasteiger partial charge in [0.1, 0.15) is 0 Å². The highest BCUT2D eigenvalue weighted by Gasteiger charge is 2.47. The van der Waals surface area contributed by atoms with Crippen LogP contribution in [0, 0.1) is 0 Å². The van der Waals surface area contributed by atoms with Crippen LogP contribution in [-0.4, -0.2) is 0 Å². The fourth-order valence-corrected chi connectivity index (χ4v) is 12.6. The SMILES string of the molecule is CC1(c2cccc3c2Cc2ccccc2-3)C=CC(N(c2cccc(-c3ccc4c(c3)C(C)(C)c3ccccc3-4)c2)c2cccc3c2-c2ccccc2C3(c2ccccc2)c2ccccc2)=CC1. The quantitative estimate of drug-likeness (QED) is 0.154. The molecule has 0 saturated heterocycles. The van der Waals surface area contributed by atoms with Gasteiger partial charge in [0, 0.05) is 27.8 Å². The molecule has 9 aromatic carbocycles. The minimum absolute atomic E-state index is 0.0837. The Hall–Kier alpha value is -7.74. The van der Waals surface area contributed by atoms with E-state index in [0.717, 1.165) is 18.5 Å². The van der Waals surface area contributed by atoms with Crippen molar-refractivity contribution in [3.8, 4) is 44.5 Å². The van der Waals surface area contributed by atoms with Crippen molar-refractivity contribution in [3.63, 3.8) is 0 Å². The summed E-state index contributed by atoms with van der Waals surface area (Å²) in [5, 5.41) is 0. The molecule has 4 aliphatic carbocycles. The van der Waals surface area contributed by atoms with Crippen LogP contribution in [0.5, 0.6) is 0 Å². The number of anilines is 2. The maximum Gasteiger partial charge on any atom is 0.0714 e. The summed E-state index contributed by atoms with van der Waals surface area (Å²) >= 11 is 0. The molecule has 0 aromatic heterocycles. The van der Waals surface area contributed by atoms with E-state index in [9.17, 15) is 0 Å². The van der Waals surface area contributed by atoms with Gasteiger partial charge in [0.25, 0.3) is 0 Å². The number of hydrogen-bond acceptors (Lipinski definition) is 1. The lowest BCUT2D eigenvalue weighted by molar-refractivity contribution is 0.590. The molecular weight excluding hydrogens is 807 g/mol. The van der Waals surface area contributed by atoms with Crippen molar-refractivity contribution < 1.29 is 0 Å². The fourth-order valence-electron chi connectivity index (χ4n) is 12.6. The summed E-state index contributed by atoms with van der Waals surface area (Å²) in [6.45, 7) is 7.17. The Kier molecular flexibility index (Phi) is 8.80. The lowest BCUT2D eigenvalue weighted by atomic mass is 9.68. The molecule has 0 N–H and O–H groups in total. The Bertz CT molecular complexity index is 3470. The normalized spacial score (nSPS) is 17.4. The summed E-state index contributed by atoms with van der Waals surface area (Å²) in [6, 6.07) is 79.7. The summed E-state index contributed by atoms with van der Waals surface area (Å²) in [4.78, 5) is 2.56. The number of hydrogen-bond donors (Lipinski definition) is 0. The van der Waals surface area contributed by atoms with Crippen molar-refractivity contribution in [2.75, 3.05) is 4.90 Å². The number of allylic oxidation sites excluding steroid dienone is 3. The van der Waals surface area contributed by atoms with Gasteiger partial charge in [0.05, 0.1) is 11.1 Å². The van der Waals surface area contributed by atoms with Gasteiger partial charge in [-0.1, -0.05) is 221 Å². The van der Waals surface area contributed by atoms with Crippen molar-refractivity contribution in [2.24, 2.45) is 0 Å². The summed E-state index contributed by atoms with van der Waals surface area (Å²) in [7, 11) is 0. The van der Waals surface area contributed by atoms with Crippen LogP contribution >= 0.6 is 0 Å². The molecule has 1 unspecified atom stereocenters. The van der Waals surface area contributed by atoms with Crippen molar-refractivity contribution in [1.82, 2.24) is 0 Å². The molecule has 0 heterocycles. The average molecular weight is 858 g/mol. The van der Waals surface area contributed by atoms with Gasteiger partial charge in [0.2, 0.25) is 0 Å². The Morgan fingerprint density at radius 2 is 1.03 bits per heavy atom. The van der Waals surface area contributed by atoms with Gasteiger partial charge in [0.15, 0.2) is 0 Å². The molecule has 0 bridgehead atoms. The monoisotopic (exact) mass is 857 g/mol. The first-order valence-corrected chi connectivity index (χ1v) is 23.9. The van der Waals surface area contributed by atoms with Crippen molar-refractivity contribution in [1.29, 1.82) is 0 Å². The van der Waals surface area contributed by atoms with Crippen molar-refractivity contribution in [2.45, 2.75) is 49.9 Å². The average Bonchev–Trinajstić information content (AvgIpc) is 3.99. The third kappa shape index (κ3) is 5.80. The second-order valence-electron chi connectivity index (χ2n) is 19.8. The van der Waals surface area contributed by atoms with Crippen LogP contribution in [0.15, 0.2) is 236 Å². The predicted molar refractivity (Wildman–Crippen MR) is 279 cm³/mol. The van der Waals surface area contributed by atoms with Crippen LogP contribution in [0.25, 0.3) is 44.5 Å². The van der Waals surface area contributed by atoms with Gasteiger partial charge in [-0.2, -0.15) is 0 Å². The van der Waals surface area contributed by atoms with E-state index in [1.807, 2.05) is 0 Å². The van der Waals surface area contributed by atoms with E-state index in [1.165, 1.54) is 106 Å². The lowest BCUT2D eigenvalue weighted by Gasteiger charge is -2.36. The first-order chi connectivity index (χ1) is 32.8. The predicted octanol–water partition coefficient (Wildman–Crippen LogP) is 16.5. The van der Waals surface area contributed by atoms with Crippen LogP contribution in [0.4, 0.5) is 11.4 Å². The third-order valence-corrected chi connectivity index (χ3v) is 15.8. The number of rotatable bonds is 7. The molecule has 1 atom stereocenters.